The summed E-state index contributed by atoms with van der Waals surface area (Å²) < 4.78 is 38.0. The number of rotatable bonds is 6. The number of aromatic nitrogens is 2. The Morgan fingerprint density at radius 3 is 2.64 bits per heavy atom. The molecule has 0 spiro atoms. The number of methoxy groups -OCH3 is 1. The normalized spacial score (nSPS) is 11.1. The van der Waals surface area contributed by atoms with Crippen molar-refractivity contribution >= 4 is 18.1 Å². The monoisotopic (exact) mass is 310 g/mol. The minimum atomic E-state index is -2.85. The average Bonchev–Trinajstić information content (AvgIpc) is 2.93. The number of esters is 1. The Hall–Kier alpha value is -2.77. The summed E-state index contributed by atoms with van der Waals surface area (Å²) in [4.78, 5) is 11.0. The average molecular weight is 310 g/mol. The van der Waals surface area contributed by atoms with Gasteiger partial charge in [-0.2, -0.15) is 8.78 Å². The highest BCUT2D eigenvalue weighted by molar-refractivity contribution is 5.71. The van der Waals surface area contributed by atoms with Crippen LogP contribution in [0.15, 0.2) is 28.7 Å². The van der Waals surface area contributed by atoms with E-state index >= 15 is 0 Å². The van der Waals surface area contributed by atoms with E-state index in [2.05, 4.69) is 19.7 Å². The number of ether oxygens (including phenoxy) is 2. The quantitative estimate of drug-likeness (QED) is 0.763. The molecule has 2 rings (SSSR count). The fourth-order valence-electron chi connectivity index (χ4n) is 1.53. The van der Waals surface area contributed by atoms with Gasteiger partial charge < -0.3 is 13.9 Å². The molecule has 0 fully saturated rings. The number of carbonyl (C=O) groups is 1. The fourth-order valence-corrected chi connectivity index (χ4v) is 1.53. The van der Waals surface area contributed by atoms with Crippen molar-refractivity contribution in [3.05, 3.63) is 41.6 Å². The van der Waals surface area contributed by atoms with Gasteiger partial charge >= 0.3 is 12.6 Å². The molecule has 0 N–H and O–H groups in total. The van der Waals surface area contributed by atoms with Gasteiger partial charge in [-0.3, -0.25) is 4.79 Å². The lowest BCUT2D eigenvalue weighted by atomic mass is 10.2. The molecular formula is C14H12F2N2O4. The molecule has 1 aromatic heterocycles. The van der Waals surface area contributed by atoms with Crippen LogP contribution < -0.4 is 4.74 Å². The molecular weight excluding hydrogens is 298 g/mol. The number of benzene rings is 1. The summed E-state index contributed by atoms with van der Waals surface area (Å²) in [7, 11) is 1.26. The molecule has 0 saturated carbocycles. The minimum Gasteiger partial charge on any atom is -0.469 e. The molecule has 0 amide bonds. The minimum absolute atomic E-state index is 0.0744. The van der Waals surface area contributed by atoms with Crippen LogP contribution in [0.1, 0.15) is 17.3 Å². The number of halogens is 2. The van der Waals surface area contributed by atoms with Crippen molar-refractivity contribution in [2.24, 2.45) is 0 Å². The summed E-state index contributed by atoms with van der Waals surface area (Å²) >= 11 is 0. The molecule has 2 aromatic rings. The van der Waals surface area contributed by atoms with E-state index in [1.54, 1.807) is 18.2 Å². The third-order valence-electron chi connectivity index (χ3n) is 2.53. The van der Waals surface area contributed by atoms with Gasteiger partial charge in [0, 0.05) is 6.08 Å². The highest BCUT2D eigenvalue weighted by Gasteiger charge is 2.09. The van der Waals surface area contributed by atoms with Crippen molar-refractivity contribution in [2.75, 3.05) is 7.11 Å². The van der Waals surface area contributed by atoms with E-state index in [1.807, 2.05) is 0 Å². The topological polar surface area (TPSA) is 74.5 Å². The van der Waals surface area contributed by atoms with Crippen LogP contribution in [-0.4, -0.2) is 29.9 Å². The largest absolute Gasteiger partial charge is 0.469 e. The van der Waals surface area contributed by atoms with Crippen LogP contribution in [0.2, 0.25) is 0 Å². The zero-order chi connectivity index (χ0) is 15.9. The molecule has 116 valence electrons. The van der Waals surface area contributed by atoms with Crippen LogP contribution in [0.25, 0.3) is 12.2 Å². The molecule has 6 nitrogen and oxygen atoms in total. The van der Waals surface area contributed by atoms with Gasteiger partial charge in [0.2, 0.25) is 11.8 Å². The molecule has 0 radical (unpaired) electrons. The van der Waals surface area contributed by atoms with Crippen LogP contribution in [0.4, 0.5) is 8.78 Å². The Kier molecular flexibility index (Phi) is 5.18. The predicted molar refractivity (Wildman–Crippen MR) is 72.0 cm³/mol. The molecule has 0 saturated heterocycles. The maximum atomic E-state index is 12.0. The van der Waals surface area contributed by atoms with Gasteiger partial charge in [0.1, 0.15) is 12.2 Å². The summed E-state index contributed by atoms with van der Waals surface area (Å²) in [5.74, 6) is -0.0434. The summed E-state index contributed by atoms with van der Waals surface area (Å²) in [6.07, 6.45) is 3.09. The molecule has 0 unspecified atom stereocenters. The maximum absolute atomic E-state index is 12.0. The van der Waals surface area contributed by atoms with E-state index in [0.29, 0.717) is 0 Å². The predicted octanol–water partition coefficient (Wildman–Crippen LogP) is 2.56. The van der Waals surface area contributed by atoms with Gasteiger partial charge in [-0.05, 0) is 23.8 Å². The van der Waals surface area contributed by atoms with E-state index < -0.39 is 12.6 Å². The number of carbonyl (C=O) groups excluding carboxylic acids is 1. The number of hydrogen-bond acceptors (Lipinski definition) is 6. The van der Waals surface area contributed by atoms with Gasteiger partial charge in [0.15, 0.2) is 0 Å². The maximum Gasteiger partial charge on any atom is 0.387 e. The third kappa shape index (κ3) is 4.65. The molecule has 1 heterocycles. The summed E-state index contributed by atoms with van der Waals surface area (Å²) in [5, 5.41) is 7.43. The number of nitrogens with zero attached hydrogens (tertiary/aromatic N) is 2. The molecule has 1 aromatic carbocycles. The van der Waals surface area contributed by atoms with E-state index in [4.69, 9.17) is 4.42 Å². The third-order valence-corrected chi connectivity index (χ3v) is 2.53. The van der Waals surface area contributed by atoms with Crippen molar-refractivity contribution in [1.82, 2.24) is 10.2 Å². The van der Waals surface area contributed by atoms with E-state index in [-0.39, 0.29) is 24.0 Å². The Balaban J connectivity index is 1.98. The first kappa shape index (κ1) is 15.6. The van der Waals surface area contributed by atoms with E-state index in [9.17, 15) is 13.6 Å². The zero-order valence-corrected chi connectivity index (χ0v) is 11.5. The zero-order valence-electron chi connectivity index (χ0n) is 11.5. The van der Waals surface area contributed by atoms with Crippen molar-refractivity contribution < 1.29 is 27.5 Å². The van der Waals surface area contributed by atoms with Crippen molar-refractivity contribution in [3.8, 4) is 5.75 Å². The van der Waals surface area contributed by atoms with Crippen molar-refractivity contribution in [3.63, 3.8) is 0 Å². The van der Waals surface area contributed by atoms with Crippen LogP contribution in [0, 0.1) is 0 Å². The summed E-state index contributed by atoms with van der Waals surface area (Å²) in [6, 6.07) is 6.03. The smallest absolute Gasteiger partial charge is 0.387 e. The van der Waals surface area contributed by atoms with E-state index in [0.717, 1.165) is 5.56 Å². The number of hydrogen-bond donors (Lipinski definition) is 0. The lowest BCUT2D eigenvalue weighted by molar-refractivity contribution is -0.140. The lowest BCUT2D eigenvalue weighted by Gasteiger charge is -2.03. The Bertz CT molecular complexity index is 653. The van der Waals surface area contributed by atoms with E-state index in [1.165, 1.54) is 25.3 Å². The van der Waals surface area contributed by atoms with Gasteiger partial charge in [-0.15, -0.1) is 10.2 Å². The first-order valence-corrected chi connectivity index (χ1v) is 6.19. The summed E-state index contributed by atoms with van der Waals surface area (Å²) in [5.41, 5.74) is 0.731. The first-order chi connectivity index (χ1) is 10.6. The van der Waals surface area contributed by atoms with Gasteiger partial charge in [0.05, 0.1) is 7.11 Å². The van der Waals surface area contributed by atoms with Crippen molar-refractivity contribution in [1.29, 1.82) is 0 Å². The van der Waals surface area contributed by atoms with Gasteiger partial charge in [-0.25, -0.2) is 0 Å². The van der Waals surface area contributed by atoms with Crippen LogP contribution in [0.3, 0.4) is 0 Å². The second-order valence-corrected chi connectivity index (χ2v) is 4.07. The van der Waals surface area contributed by atoms with Gasteiger partial charge in [0.25, 0.3) is 0 Å². The van der Waals surface area contributed by atoms with Crippen LogP contribution in [-0.2, 0) is 16.0 Å². The first-order valence-electron chi connectivity index (χ1n) is 6.19. The molecule has 0 atom stereocenters. The van der Waals surface area contributed by atoms with Crippen LogP contribution >= 0.6 is 0 Å². The SMILES string of the molecule is COC(=O)Cc1nnc(/C=C\c2ccc(OC(F)F)cc2)o1. The second-order valence-electron chi connectivity index (χ2n) is 4.07. The van der Waals surface area contributed by atoms with Crippen LogP contribution in [0.5, 0.6) is 5.75 Å². The molecule has 0 aliphatic rings. The Morgan fingerprint density at radius 2 is 2.00 bits per heavy atom. The molecule has 8 heteroatoms. The lowest BCUT2D eigenvalue weighted by Crippen LogP contribution is -2.04. The molecule has 22 heavy (non-hydrogen) atoms. The Morgan fingerprint density at radius 1 is 1.27 bits per heavy atom. The standard InChI is InChI=1S/C14H12F2N2O4/c1-20-13(19)8-12-18-17-11(22-12)7-4-9-2-5-10(6-3-9)21-14(15)16/h2-7,14H,8H2,1H3/b7-4-. The molecule has 0 aliphatic heterocycles. The molecule has 0 bridgehead atoms. The highest BCUT2D eigenvalue weighted by atomic mass is 19.3. The second kappa shape index (κ2) is 7.30. The van der Waals surface area contributed by atoms with Gasteiger partial charge in [-0.1, -0.05) is 12.1 Å². The summed E-state index contributed by atoms with van der Waals surface area (Å²) in [6.45, 7) is -2.85. The highest BCUT2D eigenvalue weighted by Crippen LogP contribution is 2.16. The Labute approximate surface area is 124 Å². The number of alkyl halides is 2. The molecule has 0 aliphatic carbocycles. The van der Waals surface area contributed by atoms with Crippen molar-refractivity contribution in [2.45, 2.75) is 13.0 Å². The fraction of sp³-hybridized carbons (Fsp3) is 0.214.